The van der Waals surface area contributed by atoms with E-state index in [9.17, 15) is 0 Å². The van der Waals surface area contributed by atoms with Crippen LogP contribution in [0, 0.1) is 0 Å². The Labute approximate surface area is 104 Å². The Morgan fingerprint density at radius 2 is 2.18 bits per heavy atom. The first-order chi connectivity index (χ1) is 8.24. The van der Waals surface area contributed by atoms with Crippen LogP contribution in [-0.4, -0.2) is 4.57 Å². The minimum Gasteiger partial charge on any atom is -0.347 e. The average molecular weight is 246 g/mol. The van der Waals surface area contributed by atoms with Crippen LogP contribution in [0.3, 0.4) is 0 Å². The van der Waals surface area contributed by atoms with E-state index in [2.05, 4.69) is 27.8 Å². The Morgan fingerprint density at radius 3 is 2.94 bits per heavy atom. The van der Waals surface area contributed by atoms with Crippen molar-refractivity contribution >= 4 is 22.5 Å². The highest BCUT2D eigenvalue weighted by atomic mass is 35.5. The molecule has 86 valence electrons. The van der Waals surface area contributed by atoms with Crippen molar-refractivity contribution in [2.45, 2.75) is 6.54 Å². The maximum atomic E-state index is 6.14. The van der Waals surface area contributed by atoms with Crippen LogP contribution in [0.2, 0.25) is 5.02 Å². The Bertz CT molecular complexity index is 625. The van der Waals surface area contributed by atoms with Gasteiger partial charge in [-0.2, -0.15) is 0 Å². The van der Waals surface area contributed by atoms with Gasteiger partial charge in [-0.05, 0) is 18.2 Å². The third-order valence-electron chi connectivity index (χ3n) is 2.83. The molecular weight excluding hydrogens is 234 g/mol. The summed E-state index contributed by atoms with van der Waals surface area (Å²) in [5.41, 5.74) is 2.23. The van der Waals surface area contributed by atoms with Gasteiger partial charge in [0.15, 0.2) is 0 Å². The van der Waals surface area contributed by atoms with E-state index in [4.69, 9.17) is 11.6 Å². The van der Waals surface area contributed by atoms with Gasteiger partial charge in [0.25, 0.3) is 0 Å². The van der Waals surface area contributed by atoms with Crippen molar-refractivity contribution in [3.8, 4) is 0 Å². The van der Waals surface area contributed by atoms with Gasteiger partial charge in [0, 0.05) is 28.3 Å². The lowest BCUT2D eigenvalue weighted by Gasteiger charge is -2.07. The predicted octanol–water partition coefficient (Wildman–Crippen LogP) is 2.80. The molecule has 1 aliphatic heterocycles. The number of aromatic nitrogens is 1. The standard InChI is InChI=1S/C13H12ClN3/c1-9-15-7-10(16-9)8-17-6-5-11-12(14)3-2-4-13(11)17/h2-7,15-16H,1,8H2. The van der Waals surface area contributed by atoms with E-state index in [1.165, 1.54) is 0 Å². The minimum atomic E-state index is 0.774. The molecule has 3 nitrogen and oxygen atoms in total. The summed E-state index contributed by atoms with van der Waals surface area (Å²) >= 11 is 6.14. The van der Waals surface area contributed by atoms with Gasteiger partial charge in [-0.25, -0.2) is 0 Å². The van der Waals surface area contributed by atoms with Crippen molar-refractivity contribution in [1.29, 1.82) is 0 Å². The largest absolute Gasteiger partial charge is 0.347 e. The number of nitrogens with zero attached hydrogens (tertiary/aromatic N) is 1. The topological polar surface area (TPSA) is 29.0 Å². The lowest BCUT2D eigenvalue weighted by Crippen LogP contribution is -2.13. The van der Waals surface area contributed by atoms with Crippen LogP contribution in [0.4, 0.5) is 0 Å². The van der Waals surface area contributed by atoms with E-state index < -0.39 is 0 Å². The van der Waals surface area contributed by atoms with Crippen molar-refractivity contribution in [2.75, 3.05) is 0 Å². The summed E-state index contributed by atoms with van der Waals surface area (Å²) in [5, 5.41) is 8.08. The van der Waals surface area contributed by atoms with Gasteiger partial charge in [0.05, 0.1) is 18.1 Å². The smallest absolute Gasteiger partial charge is 0.0996 e. The lowest BCUT2D eigenvalue weighted by molar-refractivity contribution is 0.771. The van der Waals surface area contributed by atoms with E-state index in [0.717, 1.165) is 34.0 Å². The molecular formula is C13H12ClN3. The number of benzene rings is 1. The Hall–Kier alpha value is -1.87. The molecule has 0 saturated heterocycles. The van der Waals surface area contributed by atoms with Crippen LogP contribution in [0.25, 0.3) is 10.9 Å². The Morgan fingerprint density at radius 1 is 1.29 bits per heavy atom. The fourth-order valence-corrected chi connectivity index (χ4v) is 2.27. The molecule has 0 radical (unpaired) electrons. The molecule has 0 spiro atoms. The summed E-state index contributed by atoms with van der Waals surface area (Å²) < 4.78 is 2.15. The van der Waals surface area contributed by atoms with Crippen LogP contribution < -0.4 is 10.6 Å². The first kappa shape index (κ1) is 10.3. The van der Waals surface area contributed by atoms with Crippen molar-refractivity contribution in [3.63, 3.8) is 0 Å². The quantitative estimate of drug-likeness (QED) is 0.852. The van der Waals surface area contributed by atoms with Gasteiger partial charge in [0.2, 0.25) is 0 Å². The third-order valence-corrected chi connectivity index (χ3v) is 3.16. The normalized spacial score (nSPS) is 14.6. The molecule has 1 aliphatic rings. The van der Waals surface area contributed by atoms with Crippen LogP contribution in [-0.2, 0) is 6.54 Å². The molecule has 0 bridgehead atoms. The molecule has 0 aliphatic carbocycles. The fraction of sp³-hybridized carbons (Fsp3) is 0.0769. The van der Waals surface area contributed by atoms with E-state index in [0.29, 0.717) is 0 Å². The van der Waals surface area contributed by atoms with Crippen LogP contribution in [0.5, 0.6) is 0 Å². The fourth-order valence-electron chi connectivity index (χ4n) is 2.03. The molecule has 2 aromatic rings. The minimum absolute atomic E-state index is 0.774. The monoisotopic (exact) mass is 245 g/mol. The molecule has 4 heteroatoms. The number of halogens is 1. The van der Waals surface area contributed by atoms with Crippen LogP contribution in [0.1, 0.15) is 0 Å². The number of rotatable bonds is 2. The molecule has 0 fully saturated rings. The zero-order valence-electron chi connectivity index (χ0n) is 9.20. The zero-order valence-corrected chi connectivity index (χ0v) is 9.96. The molecule has 0 amide bonds. The Balaban J connectivity index is 1.96. The summed E-state index contributed by atoms with van der Waals surface area (Å²) in [6.45, 7) is 4.58. The molecule has 2 heterocycles. The maximum absolute atomic E-state index is 6.14. The predicted molar refractivity (Wildman–Crippen MR) is 70.4 cm³/mol. The summed E-state index contributed by atoms with van der Waals surface area (Å²) in [6, 6.07) is 7.98. The van der Waals surface area contributed by atoms with Crippen molar-refractivity contribution in [3.05, 3.63) is 59.8 Å². The highest BCUT2D eigenvalue weighted by Crippen LogP contribution is 2.24. The third kappa shape index (κ3) is 1.78. The van der Waals surface area contributed by atoms with E-state index in [-0.39, 0.29) is 0 Å². The molecule has 3 rings (SSSR count). The van der Waals surface area contributed by atoms with Gasteiger partial charge >= 0.3 is 0 Å². The molecule has 1 aromatic carbocycles. The van der Waals surface area contributed by atoms with Gasteiger partial charge < -0.3 is 15.2 Å². The second-order valence-electron chi connectivity index (χ2n) is 4.03. The highest BCUT2D eigenvalue weighted by Gasteiger charge is 2.09. The van der Waals surface area contributed by atoms with E-state index >= 15 is 0 Å². The number of hydrogen-bond acceptors (Lipinski definition) is 2. The first-order valence-corrected chi connectivity index (χ1v) is 5.77. The molecule has 0 saturated carbocycles. The summed E-state index contributed by atoms with van der Waals surface area (Å²) in [7, 11) is 0. The van der Waals surface area contributed by atoms with Crippen molar-refractivity contribution in [1.82, 2.24) is 15.2 Å². The first-order valence-electron chi connectivity index (χ1n) is 5.39. The highest BCUT2D eigenvalue weighted by molar-refractivity contribution is 6.35. The van der Waals surface area contributed by atoms with E-state index in [1.54, 1.807) is 0 Å². The van der Waals surface area contributed by atoms with Crippen LogP contribution >= 0.6 is 11.6 Å². The summed E-state index contributed by atoms with van der Waals surface area (Å²) in [6.07, 6.45) is 3.97. The van der Waals surface area contributed by atoms with Crippen molar-refractivity contribution in [2.24, 2.45) is 0 Å². The van der Waals surface area contributed by atoms with Crippen LogP contribution in [0.15, 0.2) is 54.8 Å². The van der Waals surface area contributed by atoms with E-state index in [1.807, 2.05) is 30.6 Å². The van der Waals surface area contributed by atoms with Gasteiger partial charge in [-0.3, -0.25) is 0 Å². The average Bonchev–Trinajstić information content (AvgIpc) is 2.88. The summed E-state index contributed by atoms with van der Waals surface area (Å²) in [4.78, 5) is 0. The molecule has 1 aromatic heterocycles. The van der Waals surface area contributed by atoms with Gasteiger partial charge in [-0.1, -0.05) is 24.2 Å². The maximum Gasteiger partial charge on any atom is 0.0996 e. The van der Waals surface area contributed by atoms with Gasteiger partial charge in [0.1, 0.15) is 0 Å². The second-order valence-corrected chi connectivity index (χ2v) is 4.44. The SMILES string of the molecule is C=C1NC=C(Cn2ccc3c(Cl)cccc32)N1. The summed E-state index contributed by atoms with van der Waals surface area (Å²) in [5.74, 6) is 0.814. The number of allylic oxidation sites excluding steroid dienone is 1. The Kier molecular flexibility index (Phi) is 2.34. The second kappa shape index (κ2) is 3.86. The van der Waals surface area contributed by atoms with Crippen molar-refractivity contribution < 1.29 is 0 Å². The molecule has 0 unspecified atom stereocenters. The number of nitrogens with one attached hydrogen (secondary N) is 2. The molecule has 0 atom stereocenters. The molecule has 17 heavy (non-hydrogen) atoms. The zero-order chi connectivity index (χ0) is 11.8. The molecule has 2 N–H and O–H groups in total. The number of hydrogen-bond donors (Lipinski definition) is 2. The number of fused-ring (bicyclic) bond motifs is 1. The van der Waals surface area contributed by atoms with Gasteiger partial charge in [-0.15, -0.1) is 0 Å². The lowest BCUT2D eigenvalue weighted by atomic mass is 10.2.